The van der Waals surface area contributed by atoms with Gasteiger partial charge in [-0.3, -0.25) is 4.79 Å². The molecule has 0 aromatic heterocycles. The minimum Gasteiger partial charge on any atom is -0.348 e. The Kier molecular flexibility index (Phi) is 6.50. The molecule has 0 radical (unpaired) electrons. The first-order valence-electron chi connectivity index (χ1n) is 8.51. The molecule has 0 spiro atoms. The van der Waals surface area contributed by atoms with E-state index in [1.54, 1.807) is 11.8 Å². The summed E-state index contributed by atoms with van der Waals surface area (Å²) in [6.45, 7) is 10.4. The molecule has 24 heavy (non-hydrogen) atoms. The van der Waals surface area contributed by atoms with Gasteiger partial charge in [-0.2, -0.15) is 0 Å². The number of carbonyl (C=O) groups excluding carboxylic acids is 1. The molecule has 0 heterocycles. The van der Waals surface area contributed by atoms with E-state index in [0.717, 1.165) is 11.3 Å². The average molecular weight is 342 g/mol. The monoisotopic (exact) mass is 341 g/mol. The molecule has 0 bridgehead atoms. The summed E-state index contributed by atoms with van der Waals surface area (Å²) in [6, 6.07) is 14.8. The van der Waals surface area contributed by atoms with Gasteiger partial charge in [0.2, 0.25) is 5.91 Å². The Balaban J connectivity index is 2.02. The van der Waals surface area contributed by atoms with Gasteiger partial charge in [0.15, 0.2) is 0 Å². The Labute approximate surface area is 150 Å². The molecule has 0 saturated heterocycles. The second kappa shape index (κ2) is 8.39. The van der Waals surface area contributed by atoms with Gasteiger partial charge in [0.05, 0.1) is 11.3 Å². The van der Waals surface area contributed by atoms with Crippen molar-refractivity contribution >= 4 is 17.7 Å². The molecule has 0 aliphatic carbocycles. The zero-order chi connectivity index (χ0) is 17.7. The molecule has 1 N–H and O–H groups in total. The standard InChI is InChI=1S/C21H27NOS/c1-6-20(18-10-9-15(3)16(4)13-18)22-21(23)17(5)24-19-11-7-14(2)8-12-19/h7-13,17,20H,6H2,1-5H3,(H,22,23)/t17-,20-/m1/s1. The van der Waals surface area contributed by atoms with E-state index in [2.05, 4.69) is 75.5 Å². The number of rotatable bonds is 6. The quantitative estimate of drug-likeness (QED) is 0.717. The van der Waals surface area contributed by atoms with Gasteiger partial charge < -0.3 is 5.32 Å². The van der Waals surface area contributed by atoms with Gasteiger partial charge in [0.25, 0.3) is 0 Å². The number of thioether (sulfide) groups is 1. The Morgan fingerprint density at radius 3 is 2.29 bits per heavy atom. The highest BCUT2D eigenvalue weighted by atomic mass is 32.2. The lowest BCUT2D eigenvalue weighted by atomic mass is 9.99. The molecule has 2 rings (SSSR count). The minimum absolute atomic E-state index is 0.0675. The van der Waals surface area contributed by atoms with Crippen molar-refractivity contribution in [1.82, 2.24) is 5.32 Å². The molecule has 0 fully saturated rings. The van der Waals surface area contributed by atoms with Crippen molar-refractivity contribution in [2.45, 2.75) is 57.2 Å². The number of hydrogen-bond donors (Lipinski definition) is 1. The normalized spacial score (nSPS) is 13.4. The van der Waals surface area contributed by atoms with Crippen molar-refractivity contribution in [2.24, 2.45) is 0 Å². The van der Waals surface area contributed by atoms with Gasteiger partial charge >= 0.3 is 0 Å². The number of benzene rings is 2. The third kappa shape index (κ3) is 4.88. The summed E-state index contributed by atoms with van der Waals surface area (Å²) in [5.41, 5.74) is 4.96. The fourth-order valence-electron chi connectivity index (χ4n) is 2.57. The molecule has 0 unspecified atom stereocenters. The maximum atomic E-state index is 12.6. The van der Waals surface area contributed by atoms with Crippen LogP contribution in [0.2, 0.25) is 0 Å². The topological polar surface area (TPSA) is 29.1 Å². The van der Waals surface area contributed by atoms with Crippen LogP contribution in [0, 0.1) is 20.8 Å². The summed E-state index contributed by atoms with van der Waals surface area (Å²) in [5.74, 6) is 0.0886. The van der Waals surface area contributed by atoms with Crippen LogP contribution in [-0.2, 0) is 4.79 Å². The fourth-order valence-corrected chi connectivity index (χ4v) is 3.44. The zero-order valence-corrected chi connectivity index (χ0v) is 16.0. The lowest BCUT2D eigenvalue weighted by Crippen LogP contribution is -2.34. The third-order valence-electron chi connectivity index (χ3n) is 4.36. The number of hydrogen-bond acceptors (Lipinski definition) is 2. The number of aryl methyl sites for hydroxylation is 3. The molecule has 0 aliphatic heterocycles. The van der Waals surface area contributed by atoms with E-state index in [1.807, 2.05) is 6.92 Å². The van der Waals surface area contributed by atoms with Crippen LogP contribution in [0.1, 0.15) is 48.6 Å². The molecule has 2 aromatic carbocycles. The van der Waals surface area contributed by atoms with E-state index in [1.165, 1.54) is 22.3 Å². The van der Waals surface area contributed by atoms with E-state index < -0.39 is 0 Å². The van der Waals surface area contributed by atoms with Crippen LogP contribution in [-0.4, -0.2) is 11.2 Å². The van der Waals surface area contributed by atoms with Gasteiger partial charge in [-0.15, -0.1) is 11.8 Å². The van der Waals surface area contributed by atoms with Crippen LogP contribution in [0.3, 0.4) is 0 Å². The lowest BCUT2D eigenvalue weighted by Gasteiger charge is -2.21. The second-order valence-electron chi connectivity index (χ2n) is 6.39. The minimum atomic E-state index is -0.117. The van der Waals surface area contributed by atoms with Gasteiger partial charge in [0, 0.05) is 4.90 Å². The van der Waals surface area contributed by atoms with Crippen LogP contribution < -0.4 is 5.32 Å². The Hall–Kier alpha value is -1.74. The van der Waals surface area contributed by atoms with Crippen LogP contribution in [0.5, 0.6) is 0 Å². The summed E-state index contributed by atoms with van der Waals surface area (Å²) >= 11 is 1.60. The first-order chi connectivity index (χ1) is 11.4. The van der Waals surface area contributed by atoms with E-state index in [0.29, 0.717) is 0 Å². The molecule has 128 valence electrons. The molecule has 0 saturated carbocycles. The Bertz CT molecular complexity index is 693. The van der Waals surface area contributed by atoms with Crippen molar-refractivity contribution in [2.75, 3.05) is 0 Å². The zero-order valence-electron chi connectivity index (χ0n) is 15.2. The molecular formula is C21H27NOS. The Morgan fingerprint density at radius 1 is 1.04 bits per heavy atom. The van der Waals surface area contributed by atoms with Crippen LogP contribution in [0.4, 0.5) is 0 Å². The van der Waals surface area contributed by atoms with Crippen LogP contribution >= 0.6 is 11.8 Å². The maximum Gasteiger partial charge on any atom is 0.233 e. The van der Waals surface area contributed by atoms with Gasteiger partial charge in [0.1, 0.15) is 0 Å². The van der Waals surface area contributed by atoms with Gasteiger partial charge in [-0.1, -0.05) is 42.8 Å². The molecule has 2 nitrogen and oxygen atoms in total. The first-order valence-corrected chi connectivity index (χ1v) is 9.39. The lowest BCUT2D eigenvalue weighted by molar-refractivity contribution is -0.121. The number of nitrogens with one attached hydrogen (secondary N) is 1. The predicted molar refractivity (Wildman–Crippen MR) is 104 cm³/mol. The second-order valence-corrected chi connectivity index (χ2v) is 7.80. The number of amides is 1. The van der Waals surface area contributed by atoms with Crippen molar-refractivity contribution in [1.29, 1.82) is 0 Å². The smallest absolute Gasteiger partial charge is 0.233 e. The maximum absolute atomic E-state index is 12.6. The first kappa shape index (κ1) is 18.6. The van der Waals surface area contributed by atoms with Gasteiger partial charge in [-0.25, -0.2) is 0 Å². The predicted octanol–water partition coefficient (Wildman–Crippen LogP) is 5.36. The van der Waals surface area contributed by atoms with Crippen molar-refractivity contribution in [3.05, 3.63) is 64.7 Å². The third-order valence-corrected chi connectivity index (χ3v) is 5.47. The molecule has 1 amide bonds. The van der Waals surface area contributed by atoms with Crippen molar-refractivity contribution < 1.29 is 4.79 Å². The molecule has 2 atom stereocenters. The highest BCUT2D eigenvalue weighted by Crippen LogP contribution is 2.25. The highest BCUT2D eigenvalue weighted by Gasteiger charge is 2.19. The van der Waals surface area contributed by atoms with E-state index in [-0.39, 0.29) is 17.2 Å². The summed E-state index contributed by atoms with van der Waals surface area (Å²) in [7, 11) is 0. The molecule has 2 aromatic rings. The average Bonchev–Trinajstić information content (AvgIpc) is 2.57. The van der Waals surface area contributed by atoms with Gasteiger partial charge in [-0.05, 0) is 62.9 Å². The molecule has 0 aliphatic rings. The highest BCUT2D eigenvalue weighted by molar-refractivity contribution is 8.00. The summed E-state index contributed by atoms with van der Waals surface area (Å²) in [5, 5.41) is 3.08. The molecular weight excluding hydrogens is 314 g/mol. The van der Waals surface area contributed by atoms with Crippen molar-refractivity contribution in [3.63, 3.8) is 0 Å². The molecule has 3 heteroatoms. The van der Waals surface area contributed by atoms with Crippen molar-refractivity contribution in [3.8, 4) is 0 Å². The fraction of sp³-hybridized carbons (Fsp3) is 0.381. The van der Waals surface area contributed by atoms with E-state index in [9.17, 15) is 4.79 Å². The van der Waals surface area contributed by atoms with Crippen LogP contribution in [0.25, 0.3) is 0 Å². The SMILES string of the molecule is CC[C@@H](NC(=O)[C@@H](C)Sc1ccc(C)cc1)c1ccc(C)c(C)c1. The van der Waals surface area contributed by atoms with Crippen LogP contribution in [0.15, 0.2) is 47.4 Å². The summed E-state index contributed by atoms with van der Waals surface area (Å²) in [4.78, 5) is 13.7. The Morgan fingerprint density at radius 2 is 1.71 bits per heavy atom. The van der Waals surface area contributed by atoms with E-state index in [4.69, 9.17) is 0 Å². The summed E-state index contributed by atoms with van der Waals surface area (Å²) < 4.78 is 0. The summed E-state index contributed by atoms with van der Waals surface area (Å²) in [6.07, 6.45) is 0.885. The largest absolute Gasteiger partial charge is 0.348 e. The number of carbonyl (C=O) groups is 1. The van der Waals surface area contributed by atoms with E-state index >= 15 is 0 Å².